The van der Waals surface area contributed by atoms with Crippen molar-refractivity contribution >= 4 is 35.9 Å². The molecule has 0 spiro atoms. The van der Waals surface area contributed by atoms with Gasteiger partial charge in [0.1, 0.15) is 0 Å². The highest BCUT2D eigenvalue weighted by atomic mass is 35.5. The molecule has 0 bridgehead atoms. The molecule has 1 saturated carbocycles. The van der Waals surface area contributed by atoms with Gasteiger partial charge in [-0.15, -0.1) is 12.4 Å². The summed E-state index contributed by atoms with van der Waals surface area (Å²) in [7, 11) is 1.31. The van der Waals surface area contributed by atoms with E-state index in [4.69, 9.17) is 0 Å². The van der Waals surface area contributed by atoms with Crippen molar-refractivity contribution in [2.45, 2.75) is 32.1 Å². The Labute approximate surface area is 171 Å². The Morgan fingerprint density at radius 2 is 1.96 bits per heavy atom. The zero-order chi connectivity index (χ0) is 19.3. The van der Waals surface area contributed by atoms with Crippen LogP contribution in [0.3, 0.4) is 0 Å². The Kier molecular flexibility index (Phi) is 7.83. The van der Waals surface area contributed by atoms with Gasteiger partial charge in [-0.1, -0.05) is 12.8 Å². The Bertz CT molecular complexity index is 710. The Hall–Kier alpha value is -2.12. The van der Waals surface area contributed by atoms with E-state index in [0.717, 1.165) is 32.4 Å². The molecule has 2 fully saturated rings. The van der Waals surface area contributed by atoms with Crippen molar-refractivity contribution in [1.82, 2.24) is 10.6 Å². The molecule has 1 heterocycles. The molecule has 2 aliphatic rings. The fourth-order valence-corrected chi connectivity index (χ4v) is 4.13. The lowest BCUT2D eigenvalue weighted by Gasteiger charge is -2.37. The van der Waals surface area contributed by atoms with Crippen LogP contribution >= 0.6 is 12.4 Å². The zero-order valence-electron chi connectivity index (χ0n) is 16.1. The molecule has 1 saturated heterocycles. The van der Waals surface area contributed by atoms with E-state index in [-0.39, 0.29) is 48.6 Å². The number of methoxy groups -OCH3 is 1. The summed E-state index contributed by atoms with van der Waals surface area (Å²) in [4.78, 5) is 36.1. The van der Waals surface area contributed by atoms with Crippen molar-refractivity contribution in [3.63, 3.8) is 0 Å². The number of rotatable bonds is 6. The number of benzene rings is 1. The minimum Gasteiger partial charge on any atom is -0.469 e. The molecular weight excluding hydrogens is 382 g/mol. The normalized spacial score (nSPS) is 23.1. The summed E-state index contributed by atoms with van der Waals surface area (Å²) in [5, 5.41) is 9.08. The van der Waals surface area contributed by atoms with Gasteiger partial charge in [0.25, 0.3) is 5.91 Å². The molecular formula is C20H28ClN3O4. The Balaban J connectivity index is 0.00000280. The highest BCUT2D eigenvalue weighted by Gasteiger charge is 2.49. The van der Waals surface area contributed by atoms with Crippen molar-refractivity contribution in [2.24, 2.45) is 11.3 Å². The minimum atomic E-state index is -0.366. The van der Waals surface area contributed by atoms with Crippen molar-refractivity contribution < 1.29 is 19.1 Å². The molecule has 0 aromatic heterocycles. The zero-order valence-corrected chi connectivity index (χ0v) is 16.9. The van der Waals surface area contributed by atoms with Gasteiger partial charge in [-0.3, -0.25) is 14.4 Å². The van der Waals surface area contributed by atoms with Crippen molar-refractivity contribution in [2.75, 3.05) is 32.1 Å². The van der Waals surface area contributed by atoms with E-state index in [2.05, 4.69) is 20.7 Å². The number of carbonyl (C=O) groups is 3. The smallest absolute Gasteiger partial charge is 0.307 e. The number of amides is 2. The number of anilines is 1. The highest BCUT2D eigenvalue weighted by Crippen LogP contribution is 2.44. The van der Waals surface area contributed by atoms with Crippen molar-refractivity contribution in [1.29, 1.82) is 0 Å². The average Bonchev–Trinajstić information content (AvgIpc) is 3.13. The number of hydrogen-bond acceptors (Lipinski definition) is 5. The number of nitrogens with one attached hydrogen (secondary N) is 3. The third-order valence-electron chi connectivity index (χ3n) is 5.74. The van der Waals surface area contributed by atoms with E-state index in [1.54, 1.807) is 24.3 Å². The molecule has 1 aromatic carbocycles. The van der Waals surface area contributed by atoms with Gasteiger partial charge >= 0.3 is 5.97 Å². The highest BCUT2D eigenvalue weighted by molar-refractivity contribution is 5.98. The summed E-state index contributed by atoms with van der Waals surface area (Å²) in [5.74, 6) is -0.142. The SMILES string of the molecule is COC(=O)CCNC(=O)c1ccc(NC(=O)[C@@]23CCCC[C@H]2CNC3)cc1.Cl. The lowest BCUT2D eigenvalue weighted by atomic mass is 9.67. The van der Waals surface area contributed by atoms with Gasteiger partial charge in [0.15, 0.2) is 0 Å². The molecule has 2 amide bonds. The van der Waals surface area contributed by atoms with Crippen LogP contribution in [-0.2, 0) is 14.3 Å². The summed E-state index contributed by atoms with van der Waals surface area (Å²) in [5.41, 5.74) is 0.869. The first-order valence-electron chi connectivity index (χ1n) is 9.52. The van der Waals surface area contributed by atoms with Crippen molar-refractivity contribution in [3.8, 4) is 0 Å². The molecule has 8 heteroatoms. The van der Waals surface area contributed by atoms with Crippen LogP contribution in [0.1, 0.15) is 42.5 Å². The summed E-state index contributed by atoms with van der Waals surface area (Å²) >= 11 is 0. The Morgan fingerprint density at radius 1 is 1.21 bits per heavy atom. The largest absolute Gasteiger partial charge is 0.469 e. The van der Waals surface area contributed by atoms with E-state index >= 15 is 0 Å². The van der Waals surface area contributed by atoms with Crippen LogP contribution in [0.2, 0.25) is 0 Å². The summed E-state index contributed by atoms with van der Waals surface area (Å²) in [6.07, 6.45) is 4.45. The maximum absolute atomic E-state index is 12.9. The first kappa shape index (κ1) is 22.2. The van der Waals surface area contributed by atoms with Gasteiger partial charge < -0.3 is 20.7 Å². The molecule has 28 heavy (non-hydrogen) atoms. The first-order valence-corrected chi connectivity index (χ1v) is 9.52. The number of halogens is 1. The topological polar surface area (TPSA) is 96.5 Å². The molecule has 1 aliphatic heterocycles. The lowest BCUT2D eigenvalue weighted by Crippen LogP contribution is -2.44. The lowest BCUT2D eigenvalue weighted by molar-refractivity contribution is -0.140. The molecule has 154 valence electrons. The fraction of sp³-hybridized carbons (Fsp3) is 0.550. The molecule has 2 atom stereocenters. The molecule has 0 radical (unpaired) electrons. The summed E-state index contributed by atoms with van der Waals surface area (Å²) in [6, 6.07) is 6.83. The minimum absolute atomic E-state index is 0. The maximum Gasteiger partial charge on any atom is 0.307 e. The van der Waals surface area contributed by atoms with Crippen LogP contribution in [0.25, 0.3) is 0 Å². The second kappa shape index (κ2) is 9.89. The van der Waals surface area contributed by atoms with Crippen LogP contribution in [0.4, 0.5) is 5.69 Å². The second-order valence-corrected chi connectivity index (χ2v) is 7.34. The van der Waals surface area contributed by atoms with Crippen LogP contribution in [0, 0.1) is 11.3 Å². The molecule has 7 nitrogen and oxygen atoms in total. The third-order valence-corrected chi connectivity index (χ3v) is 5.74. The third kappa shape index (κ3) is 4.83. The molecule has 1 aliphatic carbocycles. The van der Waals surface area contributed by atoms with E-state index in [0.29, 0.717) is 17.2 Å². The Morgan fingerprint density at radius 3 is 2.68 bits per heavy atom. The summed E-state index contributed by atoms with van der Waals surface area (Å²) in [6.45, 7) is 1.88. The fourth-order valence-electron chi connectivity index (χ4n) is 4.13. The predicted molar refractivity (Wildman–Crippen MR) is 109 cm³/mol. The number of hydrogen-bond donors (Lipinski definition) is 3. The van der Waals surface area contributed by atoms with Gasteiger partial charge in [-0.25, -0.2) is 0 Å². The molecule has 3 N–H and O–H groups in total. The molecule has 3 rings (SSSR count). The van der Waals surface area contributed by atoms with Crippen molar-refractivity contribution in [3.05, 3.63) is 29.8 Å². The number of carbonyl (C=O) groups excluding carboxylic acids is 3. The standard InChI is InChI=1S/C20H27N3O4.ClH/c1-27-17(24)9-11-22-18(25)14-5-7-16(8-6-14)23-19(26)20-10-3-2-4-15(20)12-21-13-20;/h5-8,15,21H,2-4,9-13H2,1H3,(H,22,25)(H,23,26);1H/t15-,20+;/m0./s1. The molecule has 1 aromatic rings. The average molecular weight is 410 g/mol. The summed E-state index contributed by atoms with van der Waals surface area (Å²) < 4.78 is 4.53. The van der Waals surface area contributed by atoms with Crippen LogP contribution in [0.15, 0.2) is 24.3 Å². The quantitative estimate of drug-likeness (QED) is 0.625. The monoisotopic (exact) mass is 409 g/mol. The second-order valence-electron chi connectivity index (χ2n) is 7.34. The van der Waals surface area contributed by atoms with Crippen LogP contribution in [-0.4, -0.2) is 44.5 Å². The van der Waals surface area contributed by atoms with Crippen LogP contribution in [0.5, 0.6) is 0 Å². The van der Waals surface area contributed by atoms with E-state index in [1.165, 1.54) is 13.5 Å². The maximum atomic E-state index is 12.9. The number of ether oxygens (including phenoxy) is 1. The van der Waals surface area contributed by atoms with Crippen LogP contribution < -0.4 is 16.0 Å². The van der Waals surface area contributed by atoms with E-state index in [9.17, 15) is 14.4 Å². The predicted octanol–water partition coefficient (Wildman–Crippen LogP) is 2.12. The van der Waals surface area contributed by atoms with E-state index < -0.39 is 0 Å². The van der Waals surface area contributed by atoms with Gasteiger partial charge in [-0.2, -0.15) is 0 Å². The van der Waals surface area contributed by atoms with Gasteiger partial charge in [0.2, 0.25) is 5.91 Å². The van der Waals surface area contributed by atoms with Gasteiger partial charge in [-0.05, 0) is 49.6 Å². The molecule has 0 unspecified atom stereocenters. The van der Waals surface area contributed by atoms with Gasteiger partial charge in [0.05, 0.1) is 18.9 Å². The number of fused-ring (bicyclic) bond motifs is 1. The van der Waals surface area contributed by atoms with E-state index in [1.807, 2.05) is 0 Å². The first-order chi connectivity index (χ1) is 13.0. The van der Waals surface area contributed by atoms with Gasteiger partial charge in [0, 0.05) is 24.3 Å². The number of esters is 1.